The number of esters is 1. The van der Waals surface area contributed by atoms with Gasteiger partial charge in [-0.05, 0) is 12.1 Å². The molecule has 17 heavy (non-hydrogen) atoms. The summed E-state index contributed by atoms with van der Waals surface area (Å²) in [5, 5.41) is 3.01. The first-order chi connectivity index (χ1) is 8.06. The van der Waals surface area contributed by atoms with Gasteiger partial charge in [-0.15, -0.1) is 0 Å². The maximum absolute atomic E-state index is 11.5. The molecular formula is C12H16N2O3. The molecule has 1 aromatic rings. The summed E-state index contributed by atoms with van der Waals surface area (Å²) in [7, 11) is 1.32. The van der Waals surface area contributed by atoms with E-state index in [4.69, 9.17) is 5.73 Å². The number of nitrogens with two attached hydrogens (primary N) is 1. The molecule has 0 aliphatic rings. The molecule has 1 rings (SSSR count). The molecule has 1 atom stereocenters. The summed E-state index contributed by atoms with van der Waals surface area (Å²) in [5.74, 6) is -1.10. The first-order valence-corrected chi connectivity index (χ1v) is 5.26. The van der Waals surface area contributed by atoms with Crippen molar-refractivity contribution in [2.75, 3.05) is 19.0 Å². The molecule has 5 nitrogen and oxygen atoms in total. The van der Waals surface area contributed by atoms with E-state index < -0.39 is 5.97 Å². The van der Waals surface area contributed by atoms with Crippen LogP contribution in [0.5, 0.6) is 0 Å². The van der Waals surface area contributed by atoms with Crippen molar-refractivity contribution in [1.29, 1.82) is 0 Å². The molecule has 0 saturated carbocycles. The zero-order valence-corrected chi connectivity index (χ0v) is 9.90. The molecular weight excluding hydrogens is 220 g/mol. The Kier molecular flexibility index (Phi) is 4.51. The molecule has 0 aliphatic heterocycles. The van der Waals surface area contributed by atoms with Crippen molar-refractivity contribution in [3.63, 3.8) is 0 Å². The van der Waals surface area contributed by atoms with Gasteiger partial charge in [-0.2, -0.15) is 0 Å². The zero-order valence-electron chi connectivity index (χ0n) is 9.90. The molecule has 0 heterocycles. The molecule has 1 unspecified atom stereocenters. The quantitative estimate of drug-likeness (QED) is 0.747. The van der Waals surface area contributed by atoms with Crippen LogP contribution >= 0.6 is 0 Å². The number of primary amides is 1. The topological polar surface area (TPSA) is 81.4 Å². The number of carbonyl (C=O) groups is 2. The van der Waals surface area contributed by atoms with Crippen LogP contribution in [-0.2, 0) is 9.53 Å². The second-order valence-electron chi connectivity index (χ2n) is 3.72. The molecule has 0 fully saturated rings. The Morgan fingerprint density at radius 1 is 1.41 bits per heavy atom. The highest BCUT2D eigenvalue weighted by molar-refractivity contribution is 5.95. The van der Waals surface area contributed by atoms with Crippen LogP contribution < -0.4 is 11.1 Å². The van der Waals surface area contributed by atoms with Crippen LogP contribution in [0, 0.1) is 5.92 Å². The predicted molar refractivity (Wildman–Crippen MR) is 64.6 cm³/mol. The summed E-state index contributed by atoms with van der Waals surface area (Å²) in [6.07, 6.45) is 0. The third-order valence-corrected chi connectivity index (χ3v) is 2.42. The highest BCUT2D eigenvalue weighted by Crippen LogP contribution is 2.16. The largest absolute Gasteiger partial charge is 0.465 e. The molecule has 0 radical (unpaired) electrons. The maximum atomic E-state index is 11.5. The Morgan fingerprint density at radius 2 is 2.06 bits per heavy atom. The first-order valence-electron chi connectivity index (χ1n) is 5.26. The predicted octanol–water partition coefficient (Wildman–Crippen LogP) is 1.01. The molecule has 1 amide bonds. The Bertz CT molecular complexity index is 418. The molecule has 0 saturated heterocycles. The second kappa shape index (κ2) is 5.89. The van der Waals surface area contributed by atoms with Crippen molar-refractivity contribution >= 4 is 17.6 Å². The summed E-state index contributed by atoms with van der Waals surface area (Å²) < 4.78 is 4.66. The average Bonchev–Trinajstić information content (AvgIpc) is 2.35. The van der Waals surface area contributed by atoms with Crippen LogP contribution in [0.3, 0.4) is 0 Å². The van der Waals surface area contributed by atoms with Crippen LogP contribution in [0.2, 0.25) is 0 Å². The molecule has 3 N–H and O–H groups in total. The summed E-state index contributed by atoms with van der Waals surface area (Å²) in [4.78, 5) is 22.3. The van der Waals surface area contributed by atoms with Gasteiger partial charge in [0.25, 0.3) is 0 Å². The van der Waals surface area contributed by atoms with Gasteiger partial charge in [-0.3, -0.25) is 4.79 Å². The van der Waals surface area contributed by atoms with E-state index in [2.05, 4.69) is 10.1 Å². The van der Waals surface area contributed by atoms with E-state index in [9.17, 15) is 9.59 Å². The summed E-state index contributed by atoms with van der Waals surface area (Å²) in [6.45, 7) is 2.10. The lowest BCUT2D eigenvalue weighted by atomic mass is 10.1. The van der Waals surface area contributed by atoms with Gasteiger partial charge in [0, 0.05) is 12.2 Å². The van der Waals surface area contributed by atoms with Crippen LogP contribution in [0.15, 0.2) is 24.3 Å². The van der Waals surface area contributed by atoms with E-state index in [-0.39, 0.29) is 11.8 Å². The van der Waals surface area contributed by atoms with Gasteiger partial charge in [0.1, 0.15) is 0 Å². The minimum absolute atomic E-state index is 0.305. The van der Waals surface area contributed by atoms with Crippen molar-refractivity contribution in [3.8, 4) is 0 Å². The molecule has 0 aliphatic carbocycles. The van der Waals surface area contributed by atoms with Crippen molar-refractivity contribution in [3.05, 3.63) is 29.8 Å². The highest BCUT2D eigenvalue weighted by Gasteiger charge is 2.13. The van der Waals surface area contributed by atoms with Gasteiger partial charge < -0.3 is 15.8 Å². The zero-order chi connectivity index (χ0) is 12.8. The van der Waals surface area contributed by atoms with Crippen LogP contribution in [0.1, 0.15) is 17.3 Å². The molecule has 5 heteroatoms. The van der Waals surface area contributed by atoms with E-state index >= 15 is 0 Å². The molecule has 0 spiro atoms. The number of hydrogen-bond donors (Lipinski definition) is 2. The first kappa shape index (κ1) is 13.0. The lowest BCUT2D eigenvalue weighted by Crippen LogP contribution is -2.27. The lowest BCUT2D eigenvalue weighted by Gasteiger charge is -2.13. The number of methoxy groups -OCH3 is 1. The summed E-state index contributed by atoms with van der Waals surface area (Å²) >= 11 is 0. The number of para-hydroxylation sites is 1. The lowest BCUT2D eigenvalue weighted by molar-refractivity contribution is -0.120. The third-order valence-electron chi connectivity index (χ3n) is 2.42. The van der Waals surface area contributed by atoms with Crippen LogP contribution in [0.25, 0.3) is 0 Å². The number of anilines is 1. The van der Waals surface area contributed by atoms with Gasteiger partial charge in [-0.1, -0.05) is 19.1 Å². The molecule has 0 bridgehead atoms. The second-order valence-corrected chi connectivity index (χ2v) is 3.72. The smallest absolute Gasteiger partial charge is 0.339 e. The number of amides is 1. The standard InChI is InChI=1S/C12H16N2O3/c1-8(11(13)15)7-14-10-6-4-3-5-9(10)12(16)17-2/h3-6,8,14H,7H2,1-2H3,(H2,13,15). The number of nitrogens with one attached hydrogen (secondary N) is 1. The number of hydrogen-bond acceptors (Lipinski definition) is 4. The van der Waals surface area contributed by atoms with Crippen molar-refractivity contribution < 1.29 is 14.3 Å². The van der Waals surface area contributed by atoms with Gasteiger partial charge in [-0.25, -0.2) is 4.79 Å². The van der Waals surface area contributed by atoms with Crippen molar-refractivity contribution in [2.24, 2.45) is 11.7 Å². The molecule has 92 valence electrons. The number of benzene rings is 1. The van der Waals surface area contributed by atoms with E-state index in [0.29, 0.717) is 17.8 Å². The van der Waals surface area contributed by atoms with Crippen LogP contribution in [-0.4, -0.2) is 25.5 Å². The van der Waals surface area contributed by atoms with E-state index in [1.807, 2.05) is 0 Å². The van der Waals surface area contributed by atoms with Crippen molar-refractivity contribution in [2.45, 2.75) is 6.92 Å². The van der Waals surface area contributed by atoms with E-state index in [1.54, 1.807) is 31.2 Å². The fraction of sp³-hybridized carbons (Fsp3) is 0.333. The van der Waals surface area contributed by atoms with E-state index in [1.165, 1.54) is 7.11 Å². The third kappa shape index (κ3) is 3.48. The minimum Gasteiger partial charge on any atom is -0.465 e. The monoisotopic (exact) mass is 236 g/mol. The van der Waals surface area contributed by atoms with E-state index in [0.717, 1.165) is 0 Å². The number of rotatable bonds is 5. The van der Waals surface area contributed by atoms with Gasteiger partial charge >= 0.3 is 5.97 Å². The average molecular weight is 236 g/mol. The number of carbonyl (C=O) groups excluding carboxylic acids is 2. The fourth-order valence-corrected chi connectivity index (χ4v) is 1.29. The van der Waals surface area contributed by atoms with Crippen molar-refractivity contribution in [1.82, 2.24) is 0 Å². The van der Waals surface area contributed by atoms with Gasteiger partial charge in [0.2, 0.25) is 5.91 Å². The fourth-order valence-electron chi connectivity index (χ4n) is 1.29. The Morgan fingerprint density at radius 3 is 2.65 bits per heavy atom. The van der Waals surface area contributed by atoms with Crippen LogP contribution in [0.4, 0.5) is 5.69 Å². The molecule has 1 aromatic carbocycles. The summed E-state index contributed by atoms with van der Waals surface area (Å²) in [5.41, 5.74) is 6.22. The van der Waals surface area contributed by atoms with Gasteiger partial charge in [0.05, 0.1) is 18.6 Å². The Labute approximate surface area is 99.9 Å². The van der Waals surface area contributed by atoms with Gasteiger partial charge in [0.15, 0.2) is 0 Å². The Balaban J connectivity index is 2.77. The Hall–Kier alpha value is -2.04. The SMILES string of the molecule is COC(=O)c1ccccc1NCC(C)C(N)=O. The highest BCUT2D eigenvalue weighted by atomic mass is 16.5. The summed E-state index contributed by atoms with van der Waals surface area (Å²) in [6, 6.07) is 6.95. The maximum Gasteiger partial charge on any atom is 0.339 e. The molecule has 0 aromatic heterocycles. The normalized spacial score (nSPS) is 11.6. The number of ether oxygens (including phenoxy) is 1. The minimum atomic E-state index is -0.417.